The van der Waals surface area contributed by atoms with E-state index in [1.54, 1.807) is 18.2 Å². The topological polar surface area (TPSA) is 107 Å². The lowest BCUT2D eigenvalue weighted by molar-refractivity contribution is -0.0591. The number of fused-ring (bicyclic) bond motifs is 1. The Balaban J connectivity index is 1.02. The third-order valence-corrected chi connectivity index (χ3v) is 9.46. The molecule has 210 valence electrons. The van der Waals surface area contributed by atoms with Gasteiger partial charge in [-0.3, -0.25) is 0 Å². The van der Waals surface area contributed by atoms with Crippen LogP contribution in [0, 0.1) is 17.8 Å². The molecule has 5 heterocycles. The van der Waals surface area contributed by atoms with Gasteiger partial charge in [0.15, 0.2) is 16.2 Å². The fourth-order valence-electron chi connectivity index (χ4n) is 5.98. The fraction of sp³-hybridized carbons (Fsp3) is 0.414. The number of rotatable bonds is 8. The molecule has 4 aromatic rings. The number of aromatic carboxylic acids is 1. The number of thiazole rings is 1. The average Bonchev–Trinajstić information content (AvgIpc) is 3.30. The minimum absolute atomic E-state index is 0.0319. The van der Waals surface area contributed by atoms with Gasteiger partial charge in [0.2, 0.25) is 10.9 Å². The lowest BCUT2D eigenvalue weighted by Gasteiger charge is -2.34. The van der Waals surface area contributed by atoms with Crippen molar-refractivity contribution in [2.75, 3.05) is 24.6 Å². The van der Waals surface area contributed by atoms with Crippen molar-refractivity contribution in [1.29, 1.82) is 0 Å². The molecule has 3 fully saturated rings. The van der Waals surface area contributed by atoms with Crippen LogP contribution in [0.5, 0.6) is 5.88 Å². The highest BCUT2D eigenvalue weighted by atomic mass is 32.1. The zero-order valence-corrected chi connectivity index (χ0v) is 22.9. The number of anilines is 1. The SMILES string of the molecule is [C-]#[N+]c1ccc(COc2cccc(N3CCC4(CC3)CC4c3nc4sc(C(=O)O)nc4n3C[C@@H]3CCO3)n2)c(F)c1. The van der Waals surface area contributed by atoms with Crippen molar-refractivity contribution in [2.45, 2.75) is 50.9 Å². The molecule has 0 radical (unpaired) electrons. The highest BCUT2D eigenvalue weighted by molar-refractivity contribution is 7.19. The predicted octanol–water partition coefficient (Wildman–Crippen LogP) is 5.42. The normalized spacial score (nSPS) is 21.0. The molecule has 10 nitrogen and oxygen atoms in total. The van der Waals surface area contributed by atoms with Crippen molar-refractivity contribution < 1.29 is 23.8 Å². The number of piperidine rings is 1. The van der Waals surface area contributed by atoms with Crippen LogP contribution in [0.2, 0.25) is 0 Å². The Kier molecular flexibility index (Phi) is 6.36. The number of hydrogen-bond donors (Lipinski definition) is 1. The maximum atomic E-state index is 14.3. The monoisotopic (exact) mass is 574 g/mol. The average molecular weight is 575 g/mol. The molecule has 7 rings (SSSR count). The molecular weight excluding hydrogens is 547 g/mol. The van der Waals surface area contributed by atoms with E-state index < -0.39 is 11.8 Å². The number of hydrogen-bond acceptors (Lipinski definition) is 8. The zero-order chi connectivity index (χ0) is 28.1. The van der Waals surface area contributed by atoms with E-state index >= 15 is 0 Å². The van der Waals surface area contributed by atoms with E-state index in [0.29, 0.717) is 34.4 Å². The van der Waals surface area contributed by atoms with Gasteiger partial charge in [-0.05, 0) is 43.2 Å². The lowest BCUT2D eigenvalue weighted by Crippen LogP contribution is -2.36. The number of ether oxygens (including phenoxy) is 2. The van der Waals surface area contributed by atoms with E-state index in [2.05, 4.69) is 24.3 Å². The number of imidazole rings is 1. The smallest absolute Gasteiger partial charge is 0.365 e. The maximum Gasteiger partial charge on any atom is 0.365 e. The van der Waals surface area contributed by atoms with Crippen LogP contribution in [-0.4, -0.2) is 56.4 Å². The van der Waals surface area contributed by atoms with Gasteiger partial charge in [-0.1, -0.05) is 29.5 Å². The van der Waals surface area contributed by atoms with Crippen LogP contribution in [0.25, 0.3) is 15.3 Å². The summed E-state index contributed by atoms with van der Waals surface area (Å²) in [6.07, 6.45) is 4.15. The summed E-state index contributed by atoms with van der Waals surface area (Å²) in [7, 11) is 0. The minimum atomic E-state index is -1.03. The fourth-order valence-corrected chi connectivity index (χ4v) is 6.77. The number of carboxylic acids is 1. The summed E-state index contributed by atoms with van der Waals surface area (Å²) in [5.74, 6) is 1.08. The Morgan fingerprint density at radius 2 is 2.07 bits per heavy atom. The van der Waals surface area contributed by atoms with Crippen LogP contribution >= 0.6 is 11.3 Å². The van der Waals surface area contributed by atoms with Gasteiger partial charge in [-0.25, -0.2) is 24.0 Å². The summed E-state index contributed by atoms with van der Waals surface area (Å²) in [6.45, 7) is 10.2. The van der Waals surface area contributed by atoms with E-state index in [-0.39, 0.29) is 28.8 Å². The largest absolute Gasteiger partial charge is 0.476 e. The number of carboxylic acid groups (broad SMARTS) is 1. The van der Waals surface area contributed by atoms with E-state index in [4.69, 9.17) is 21.0 Å². The molecule has 1 aliphatic carbocycles. The number of aromatic nitrogens is 4. The maximum absolute atomic E-state index is 14.3. The summed E-state index contributed by atoms with van der Waals surface area (Å²) in [6, 6.07) is 9.98. The Hall–Kier alpha value is -4.08. The Labute approximate surface area is 239 Å². The van der Waals surface area contributed by atoms with Gasteiger partial charge in [0.25, 0.3) is 0 Å². The van der Waals surface area contributed by atoms with Crippen LogP contribution in [0.15, 0.2) is 36.4 Å². The Morgan fingerprint density at radius 3 is 2.78 bits per heavy atom. The highest BCUT2D eigenvalue weighted by Gasteiger charge is 2.57. The van der Waals surface area contributed by atoms with Crippen LogP contribution < -0.4 is 9.64 Å². The molecule has 0 bridgehead atoms. The van der Waals surface area contributed by atoms with Crippen molar-refractivity contribution in [1.82, 2.24) is 19.5 Å². The molecule has 3 aromatic heterocycles. The molecule has 2 aliphatic heterocycles. The Bertz CT molecular complexity index is 1680. The van der Waals surface area contributed by atoms with Gasteiger partial charge in [-0.15, -0.1) is 0 Å². The number of carbonyl (C=O) groups is 1. The number of pyridine rings is 1. The molecule has 12 heteroatoms. The summed E-state index contributed by atoms with van der Waals surface area (Å²) < 4.78 is 27.8. The van der Waals surface area contributed by atoms with Gasteiger partial charge in [0, 0.05) is 37.2 Å². The molecule has 1 saturated carbocycles. The Morgan fingerprint density at radius 1 is 1.24 bits per heavy atom. The van der Waals surface area contributed by atoms with Gasteiger partial charge in [0.05, 0.1) is 19.2 Å². The number of nitrogens with zero attached hydrogens (tertiary/aromatic N) is 6. The lowest BCUT2D eigenvalue weighted by atomic mass is 9.90. The molecule has 3 aliphatic rings. The number of halogens is 1. The standard InChI is InChI=1S/C29H27FN6O4S/c1-31-18-6-5-17(21(30)13-18)16-40-23-4-2-3-22(32-23)35-10-8-29(9-11-35)14-20(29)24-33-26-25(34-27(41-26)28(37)38)36(24)15-19-7-12-39-19/h2-6,13,19-20H,7-12,14-16H2,(H,37,38)/t19-,20?/m0/s1. The molecule has 0 amide bonds. The van der Waals surface area contributed by atoms with Crippen molar-refractivity contribution >= 4 is 39.3 Å². The van der Waals surface area contributed by atoms with Crippen molar-refractivity contribution in [2.24, 2.45) is 5.41 Å². The van der Waals surface area contributed by atoms with Gasteiger partial charge >= 0.3 is 5.97 Å². The minimum Gasteiger partial charge on any atom is -0.476 e. The first-order chi connectivity index (χ1) is 19.9. The quantitative estimate of drug-likeness (QED) is 0.278. The van der Waals surface area contributed by atoms with E-state index in [9.17, 15) is 14.3 Å². The number of benzene rings is 1. The predicted molar refractivity (Wildman–Crippen MR) is 149 cm³/mol. The molecule has 1 spiro atoms. The van der Waals surface area contributed by atoms with Crippen LogP contribution in [0.3, 0.4) is 0 Å². The zero-order valence-electron chi connectivity index (χ0n) is 22.1. The second kappa shape index (κ2) is 10.1. The van der Waals surface area contributed by atoms with Crippen LogP contribution in [-0.2, 0) is 17.9 Å². The van der Waals surface area contributed by atoms with E-state index in [1.807, 2.05) is 12.1 Å². The summed E-state index contributed by atoms with van der Waals surface area (Å²) in [4.78, 5) is 31.7. The second-order valence-electron chi connectivity index (χ2n) is 10.9. The molecule has 41 heavy (non-hydrogen) atoms. The van der Waals surface area contributed by atoms with Crippen LogP contribution in [0.4, 0.5) is 15.9 Å². The van der Waals surface area contributed by atoms with Crippen molar-refractivity contribution in [3.05, 3.63) is 70.0 Å². The van der Waals surface area contributed by atoms with Crippen LogP contribution in [0.1, 0.15) is 52.8 Å². The van der Waals surface area contributed by atoms with E-state index in [1.165, 1.54) is 6.07 Å². The molecule has 1 unspecified atom stereocenters. The summed E-state index contributed by atoms with van der Waals surface area (Å²) in [5, 5.41) is 9.48. The second-order valence-corrected chi connectivity index (χ2v) is 11.9. The molecule has 2 atom stereocenters. The molecule has 1 N–H and O–H groups in total. The molecule has 2 saturated heterocycles. The van der Waals surface area contributed by atoms with E-state index in [0.717, 1.165) is 68.4 Å². The van der Waals surface area contributed by atoms with Crippen molar-refractivity contribution in [3.8, 4) is 5.88 Å². The first-order valence-corrected chi connectivity index (χ1v) is 14.5. The summed E-state index contributed by atoms with van der Waals surface area (Å²) >= 11 is 1.13. The van der Waals surface area contributed by atoms with Gasteiger partial charge in [0.1, 0.15) is 24.1 Å². The first-order valence-electron chi connectivity index (χ1n) is 13.6. The van der Waals surface area contributed by atoms with Gasteiger partial charge < -0.3 is 24.0 Å². The van der Waals surface area contributed by atoms with Gasteiger partial charge in [-0.2, -0.15) is 4.98 Å². The van der Waals surface area contributed by atoms with Crippen molar-refractivity contribution in [3.63, 3.8) is 0 Å². The summed E-state index contributed by atoms with van der Waals surface area (Å²) in [5.41, 5.74) is 1.45. The molecular formula is C29H27FN6O4S. The molecule has 1 aromatic carbocycles. The first kappa shape index (κ1) is 25.9. The third kappa shape index (κ3) is 4.79. The highest BCUT2D eigenvalue weighted by Crippen LogP contribution is 2.65. The third-order valence-electron chi connectivity index (χ3n) is 8.54.